The van der Waals surface area contributed by atoms with Crippen LogP contribution in [0.5, 0.6) is 0 Å². The maximum absolute atomic E-state index is 12.6. The number of hydrogen-bond acceptors (Lipinski definition) is 3. The molecule has 1 rings (SSSR count). The molecule has 0 atom stereocenters. The maximum atomic E-state index is 12.6. The topological polar surface area (TPSA) is 51.2 Å². The minimum absolute atomic E-state index is 0.0670. The Labute approximate surface area is 163 Å². The van der Waals surface area contributed by atoms with E-state index < -0.39 is 0 Å². The van der Waals surface area contributed by atoms with Crippen molar-refractivity contribution in [3.8, 4) is 0 Å². The van der Waals surface area contributed by atoms with E-state index in [2.05, 4.69) is 0 Å². The highest BCUT2D eigenvalue weighted by atomic mass is 16.2. The molecule has 0 radical (unpaired) electrons. The lowest BCUT2D eigenvalue weighted by Gasteiger charge is -2.33. The maximum Gasteiger partial charge on any atom is 0.318 e. The number of amides is 3. The molecule has 0 bridgehead atoms. The van der Waals surface area contributed by atoms with Gasteiger partial charge in [-0.15, -0.1) is 0 Å². The predicted octanol–water partition coefficient (Wildman–Crippen LogP) is 3.20. The third-order valence-corrected chi connectivity index (χ3v) is 5.60. The zero-order chi connectivity index (χ0) is 21.2. The van der Waals surface area contributed by atoms with Crippen molar-refractivity contribution in [1.29, 1.82) is 0 Å². The van der Waals surface area contributed by atoms with Crippen LogP contribution >= 0.6 is 0 Å². The SMILES string of the molecule is CCC(=O)[N+](C)(C)c1cc([N+](C)(C)C(=O)CC)cc([N+](C)(C)C(=O)CC)c1. The van der Waals surface area contributed by atoms with Crippen LogP contribution in [0.25, 0.3) is 0 Å². The molecule has 6 heteroatoms. The van der Waals surface area contributed by atoms with Crippen molar-refractivity contribution in [3.05, 3.63) is 18.2 Å². The van der Waals surface area contributed by atoms with Crippen molar-refractivity contribution in [3.63, 3.8) is 0 Å². The monoisotopic (exact) mass is 378 g/mol. The smallest absolute Gasteiger partial charge is 0.233 e. The molecule has 0 saturated heterocycles. The minimum Gasteiger partial charge on any atom is -0.233 e. The van der Waals surface area contributed by atoms with Crippen LogP contribution in [-0.2, 0) is 14.4 Å². The summed E-state index contributed by atoms with van der Waals surface area (Å²) in [5, 5.41) is 0. The van der Waals surface area contributed by atoms with E-state index in [1.165, 1.54) is 0 Å². The zero-order valence-corrected chi connectivity index (χ0v) is 18.4. The fourth-order valence-corrected chi connectivity index (χ4v) is 3.17. The Kier molecular flexibility index (Phi) is 6.86. The first kappa shape index (κ1) is 23.1. The Balaban J connectivity index is 3.80. The van der Waals surface area contributed by atoms with Gasteiger partial charge in [0.2, 0.25) is 0 Å². The van der Waals surface area contributed by atoms with E-state index in [0.717, 1.165) is 17.1 Å². The largest absolute Gasteiger partial charge is 0.318 e. The molecule has 0 fully saturated rings. The molecule has 150 valence electrons. The van der Waals surface area contributed by atoms with Crippen molar-refractivity contribution in [2.24, 2.45) is 0 Å². The molecule has 0 N–H and O–H groups in total. The van der Waals surface area contributed by atoms with Crippen LogP contribution in [-0.4, -0.2) is 60.0 Å². The summed E-state index contributed by atoms with van der Waals surface area (Å²) < 4.78 is 0.202. The van der Waals surface area contributed by atoms with Crippen molar-refractivity contribution in [2.75, 3.05) is 42.3 Å². The van der Waals surface area contributed by atoms with Crippen molar-refractivity contribution >= 4 is 34.8 Å². The van der Waals surface area contributed by atoms with Crippen LogP contribution in [0.4, 0.5) is 17.1 Å². The van der Waals surface area contributed by atoms with E-state index in [-0.39, 0.29) is 31.2 Å². The van der Waals surface area contributed by atoms with Gasteiger partial charge in [0.05, 0.1) is 79.7 Å². The second kappa shape index (κ2) is 8.00. The summed E-state index contributed by atoms with van der Waals surface area (Å²) in [5.74, 6) is 0.201. The first-order valence-electron chi connectivity index (χ1n) is 9.55. The molecular formula is C21H36N3O3+3. The summed E-state index contributed by atoms with van der Waals surface area (Å²) in [6.07, 6.45) is 1.22. The molecule has 0 aromatic heterocycles. The van der Waals surface area contributed by atoms with Gasteiger partial charge in [-0.2, -0.15) is 0 Å². The van der Waals surface area contributed by atoms with Gasteiger partial charge < -0.3 is 0 Å². The van der Waals surface area contributed by atoms with Gasteiger partial charge in [0, 0.05) is 0 Å². The van der Waals surface area contributed by atoms with E-state index in [0.29, 0.717) is 19.3 Å². The average molecular weight is 379 g/mol. The molecule has 0 aliphatic rings. The number of quaternary nitrogens is 3. The Morgan fingerprint density at radius 3 is 0.889 bits per heavy atom. The van der Waals surface area contributed by atoms with Crippen LogP contribution in [0, 0.1) is 0 Å². The number of carbonyl (C=O) groups excluding carboxylic acids is 3. The van der Waals surface area contributed by atoms with Gasteiger partial charge in [-0.05, 0) is 0 Å². The lowest BCUT2D eigenvalue weighted by atomic mass is 10.1. The van der Waals surface area contributed by atoms with Crippen LogP contribution in [0.3, 0.4) is 0 Å². The quantitative estimate of drug-likeness (QED) is 0.715. The van der Waals surface area contributed by atoms with Crippen molar-refractivity contribution < 1.29 is 14.4 Å². The molecular weight excluding hydrogens is 342 g/mol. The number of benzene rings is 1. The highest BCUT2D eigenvalue weighted by Crippen LogP contribution is 2.36. The molecule has 1 aromatic carbocycles. The lowest BCUT2D eigenvalue weighted by molar-refractivity contribution is -0.128. The fourth-order valence-electron chi connectivity index (χ4n) is 3.17. The van der Waals surface area contributed by atoms with Crippen LogP contribution < -0.4 is 13.4 Å². The Morgan fingerprint density at radius 1 is 0.556 bits per heavy atom. The number of carbonyl (C=O) groups is 3. The van der Waals surface area contributed by atoms with Crippen molar-refractivity contribution in [2.45, 2.75) is 40.0 Å². The Bertz CT molecular complexity index is 637. The third kappa shape index (κ3) is 4.34. The standard InChI is InChI=1S/C21H36N3O3/c1-10-19(25)22(4,5)16-13-17(23(6,7)20(26)11-2)15-18(14-16)24(8,9)21(27)12-3/h13-15H,10-12H2,1-9H3/q+3. The van der Waals surface area contributed by atoms with Gasteiger partial charge in [0.15, 0.2) is 17.1 Å². The molecule has 0 unspecified atom stereocenters. The molecule has 0 aliphatic heterocycles. The Morgan fingerprint density at radius 2 is 0.741 bits per heavy atom. The van der Waals surface area contributed by atoms with Crippen LogP contribution in [0.15, 0.2) is 18.2 Å². The van der Waals surface area contributed by atoms with Gasteiger partial charge in [0.1, 0.15) is 0 Å². The molecule has 3 amide bonds. The summed E-state index contributed by atoms with van der Waals surface area (Å²) in [4.78, 5) is 37.7. The van der Waals surface area contributed by atoms with Crippen molar-refractivity contribution in [1.82, 2.24) is 13.4 Å². The van der Waals surface area contributed by atoms with E-state index in [4.69, 9.17) is 0 Å². The highest BCUT2D eigenvalue weighted by Gasteiger charge is 2.38. The Hall–Kier alpha value is -1.89. The zero-order valence-electron chi connectivity index (χ0n) is 18.4. The first-order chi connectivity index (χ1) is 12.3. The number of nitrogens with zero attached hydrogens (tertiary/aromatic N) is 3. The molecule has 0 spiro atoms. The van der Waals surface area contributed by atoms with Gasteiger partial charge in [-0.25, -0.2) is 27.8 Å². The molecule has 27 heavy (non-hydrogen) atoms. The van der Waals surface area contributed by atoms with Crippen LogP contribution in [0.1, 0.15) is 40.0 Å². The minimum atomic E-state index is 0.0670. The van der Waals surface area contributed by atoms with E-state index in [1.54, 1.807) is 0 Å². The van der Waals surface area contributed by atoms with Crippen LogP contribution in [0.2, 0.25) is 0 Å². The molecule has 1 aromatic rings. The van der Waals surface area contributed by atoms with Gasteiger partial charge in [0.25, 0.3) is 0 Å². The number of hydrogen-bond donors (Lipinski definition) is 0. The number of rotatable bonds is 6. The summed E-state index contributed by atoms with van der Waals surface area (Å²) in [6.45, 7) is 5.52. The molecule has 0 heterocycles. The predicted molar refractivity (Wildman–Crippen MR) is 113 cm³/mol. The summed E-state index contributed by atoms with van der Waals surface area (Å²) in [5.41, 5.74) is 2.33. The summed E-state index contributed by atoms with van der Waals surface area (Å²) in [6, 6.07) is 5.75. The average Bonchev–Trinajstić information content (AvgIpc) is 2.64. The second-order valence-electron chi connectivity index (χ2n) is 8.31. The van der Waals surface area contributed by atoms with Gasteiger partial charge in [-0.3, -0.25) is 0 Å². The fraction of sp³-hybridized carbons (Fsp3) is 0.571. The molecule has 0 aliphatic carbocycles. The second-order valence-corrected chi connectivity index (χ2v) is 8.31. The van der Waals surface area contributed by atoms with E-state index >= 15 is 0 Å². The summed E-state index contributed by atoms with van der Waals surface area (Å²) >= 11 is 0. The lowest BCUT2D eigenvalue weighted by Crippen LogP contribution is -2.50. The molecule has 6 nitrogen and oxygen atoms in total. The van der Waals surface area contributed by atoms with Gasteiger partial charge in [-0.1, -0.05) is 20.8 Å². The summed E-state index contributed by atoms with van der Waals surface area (Å²) in [7, 11) is 11.1. The third-order valence-electron chi connectivity index (χ3n) is 5.60. The first-order valence-corrected chi connectivity index (χ1v) is 9.55. The highest BCUT2D eigenvalue weighted by molar-refractivity contribution is 5.94. The normalized spacial score (nSPS) is 12.8. The van der Waals surface area contributed by atoms with E-state index in [9.17, 15) is 14.4 Å². The van der Waals surface area contributed by atoms with E-state index in [1.807, 2.05) is 81.3 Å². The van der Waals surface area contributed by atoms with Gasteiger partial charge >= 0.3 is 17.7 Å². The molecule has 0 saturated carbocycles.